The lowest BCUT2D eigenvalue weighted by molar-refractivity contribution is 0.623. The van der Waals surface area contributed by atoms with Crippen LogP contribution in [0.1, 0.15) is 0 Å². The van der Waals surface area contributed by atoms with E-state index in [-0.39, 0.29) is 0 Å². The van der Waals surface area contributed by atoms with Crippen LogP contribution in [0.2, 0.25) is 0 Å². The van der Waals surface area contributed by atoms with Crippen molar-refractivity contribution in [2.45, 2.75) is 0 Å². The predicted octanol–water partition coefficient (Wildman–Crippen LogP) is 15.7. The van der Waals surface area contributed by atoms with Gasteiger partial charge < -0.3 is 13.7 Å². The van der Waals surface area contributed by atoms with Crippen molar-refractivity contribution in [2.24, 2.45) is 0 Å². The van der Waals surface area contributed by atoms with Crippen molar-refractivity contribution in [3.63, 3.8) is 0 Å². The number of furan rings is 1. The van der Waals surface area contributed by atoms with Crippen LogP contribution < -0.4 is 4.90 Å². The lowest BCUT2D eigenvalue weighted by Crippen LogP contribution is -2.09. The summed E-state index contributed by atoms with van der Waals surface area (Å²) in [4.78, 5) is 7.23. The molecule has 272 valence electrons. The minimum Gasteiger partial charge on any atom is -0.456 e. The zero-order chi connectivity index (χ0) is 38.2. The van der Waals surface area contributed by atoms with Gasteiger partial charge in [0.05, 0.1) is 0 Å². The summed E-state index contributed by atoms with van der Waals surface area (Å²) >= 11 is 1.79. The van der Waals surface area contributed by atoms with Crippen LogP contribution in [-0.4, -0.2) is 4.98 Å². The average Bonchev–Trinajstić information content (AvgIpc) is 4.00. The first-order valence-corrected chi connectivity index (χ1v) is 20.2. The highest BCUT2D eigenvalue weighted by molar-refractivity contribution is 7.26. The van der Waals surface area contributed by atoms with Crippen molar-refractivity contribution < 1.29 is 8.83 Å². The van der Waals surface area contributed by atoms with Crippen LogP contribution in [0.3, 0.4) is 0 Å². The molecule has 3 heterocycles. The van der Waals surface area contributed by atoms with Gasteiger partial charge in [0.2, 0.25) is 5.89 Å². The van der Waals surface area contributed by atoms with Crippen LogP contribution >= 0.6 is 11.3 Å². The molecular formula is C53H32N2O2S. The Morgan fingerprint density at radius 3 is 1.86 bits per heavy atom. The molecule has 0 spiro atoms. The Morgan fingerprint density at radius 2 is 1.03 bits per heavy atom. The van der Waals surface area contributed by atoms with Gasteiger partial charge in [0, 0.05) is 59.6 Å². The molecule has 0 N–H and O–H groups in total. The van der Waals surface area contributed by atoms with Gasteiger partial charge in [-0.25, -0.2) is 4.98 Å². The Balaban J connectivity index is 0.913. The molecule has 12 aromatic rings. The second-order valence-electron chi connectivity index (χ2n) is 14.8. The molecule has 0 amide bonds. The van der Waals surface area contributed by atoms with Gasteiger partial charge in [-0.2, -0.15) is 0 Å². The number of nitrogens with zero attached hydrogens (tertiary/aromatic N) is 2. The van der Waals surface area contributed by atoms with Crippen molar-refractivity contribution in [1.82, 2.24) is 4.98 Å². The van der Waals surface area contributed by atoms with E-state index >= 15 is 0 Å². The third kappa shape index (κ3) is 5.40. The largest absolute Gasteiger partial charge is 0.456 e. The average molecular weight is 761 g/mol. The summed E-state index contributed by atoms with van der Waals surface area (Å²) in [6.07, 6.45) is 0. The molecule has 0 aliphatic carbocycles. The smallest absolute Gasteiger partial charge is 0.227 e. The molecule has 9 aromatic carbocycles. The minimum absolute atomic E-state index is 0.642. The van der Waals surface area contributed by atoms with E-state index in [0.29, 0.717) is 5.89 Å². The SMILES string of the molecule is c1ccc(-c2ccc(N(c3ccc(-c4ccc5c(c4)sc4ccc6nc(-c7ccc8ccccc8c7)oc6c45)cc3)c3ccc4c(c3)oc3ccccc34)cc2)cc1. The maximum absolute atomic E-state index is 6.56. The first-order chi connectivity index (χ1) is 28.7. The highest BCUT2D eigenvalue weighted by Gasteiger charge is 2.18. The third-order valence-corrected chi connectivity index (χ3v) is 12.4. The van der Waals surface area contributed by atoms with Gasteiger partial charge in [0.15, 0.2) is 5.58 Å². The van der Waals surface area contributed by atoms with Gasteiger partial charge in [0.25, 0.3) is 0 Å². The van der Waals surface area contributed by atoms with Gasteiger partial charge >= 0.3 is 0 Å². The molecule has 0 saturated heterocycles. The Labute approximate surface area is 337 Å². The van der Waals surface area contributed by atoms with E-state index in [0.717, 1.165) is 66.6 Å². The first kappa shape index (κ1) is 32.7. The van der Waals surface area contributed by atoms with Crippen molar-refractivity contribution in [3.8, 4) is 33.7 Å². The number of thiophene rings is 1. The normalized spacial score (nSPS) is 11.8. The summed E-state index contributed by atoms with van der Waals surface area (Å²) in [5.41, 5.74) is 12.3. The number of hydrogen-bond acceptors (Lipinski definition) is 5. The molecule has 0 radical (unpaired) electrons. The summed E-state index contributed by atoms with van der Waals surface area (Å²) in [6.45, 7) is 0. The van der Waals surface area contributed by atoms with Gasteiger partial charge in [-0.1, -0.05) is 115 Å². The molecule has 0 bridgehead atoms. The highest BCUT2D eigenvalue weighted by Crippen LogP contribution is 2.43. The van der Waals surface area contributed by atoms with E-state index in [2.05, 4.69) is 187 Å². The summed E-state index contributed by atoms with van der Waals surface area (Å²) in [5, 5.41) is 6.90. The lowest BCUT2D eigenvalue weighted by atomic mass is 10.0. The van der Waals surface area contributed by atoms with E-state index < -0.39 is 0 Å². The molecule has 0 aliphatic rings. The summed E-state index contributed by atoms with van der Waals surface area (Å²) in [6, 6.07) is 68.7. The van der Waals surface area contributed by atoms with E-state index in [1.54, 1.807) is 11.3 Å². The standard InChI is InChI=1S/C53H32N2O2S/c1-2-8-33(9-3-1)35-16-21-40(22-17-35)55(42-25-27-44-43-12-6-7-13-47(43)56-48(44)32-42)41-23-18-36(19-24-41)38-20-26-45-50(31-38)58-49-29-28-46-52(51(45)49)57-53(54-46)39-15-14-34-10-4-5-11-37(34)30-39/h1-32H. The Kier molecular flexibility index (Phi) is 7.37. The molecule has 3 aromatic heterocycles. The molecule has 0 fully saturated rings. The number of aromatic nitrogens is 1. The second-order valence-corrected chi connectivity index (χ2v) is 15.8. The molecule has 5 heteroatoms. The minimum atomic E-state index is 0.642. The number of rotatable bonds is 6. The van der Waals surface area contributed by atoms with E-state index in [1.807, 2.05) is 12.1 Å². The van der Waals surface area contributed by atoms with Gasteiger partial charge in [-0.15, -0.1) is 11.3 Å². The van der Waals surface area contributed by atoms with Crippen LogP contribution in [0.25, 0.3) is 97.7 Å². The third-order valence-electron chi connectivity index (χ3n) is 11.3. The Bertz CT molecular complexity index is 3510. The fourth-order valence-electron chi connectivity index (χ4n) is 8.41. The fourth-order valence-corrected chi connectivity index (χ4v) is 9.55. The maximum Gasteiger partial charge on any atom is 0.227 e. The van der Waals surface area contributed by atoms with Crippen molar-refractivity contribution in [1.29, 1.82) is 0 Å². The zero-order valence-electron chi connectivity index (χ0n) is 31.1. The summed E-state index contributed by atoms with van der Waals surface area (Å²) in [7, 11) is 0. The number of oxazole rings is 1. The molecule has 0 saturated carbocycles. The monoisotopic (exact) mass is 760 g/mol. The first-order valence-electron chi connectivity index (χ1n) is 19.4. The fraction of sp³-hybridized carbons (Fsp3) is 0. The summed E-state index contributed by atoms with van der Waals surface area (Å²) < 4.78 is 15.3. The molecule has 12 rings (SSSR count). The number of anilines is 3. The van der Waals surface area contributed by atoms with Crippen molar-refractivity contribution in [2.75, 3.05) is 4.90 Å². The van der Waals surface area contributed by atoms with Crippen LogP contribution in [0.15, 0.2) is 203 Å². The zero-order valence-corrected chi connectivity index (χ0v) is 31.9. The van der Waals surface area contributed by atoms with E-state index in [9.17, 15) is 0 Å². The van der Waals surface area contributed by atoms with Crippen molar-refractivity contribution >= 4 is 92.4 Å². The highest BCUT2D eigenvalue weighted by atomic mass is 32.1. The van der Waals surface area contributed by atoms with Gasteiger partial charge in [-0.3, -0.25) is 0 Å². The number of fused-ring (bicyclic) bond motifs is 9. The Morgan fingerprint density at radius 1 is 0.397 bits per heavy atom. The van der Waals surface area contributed by atoms with Gasteiger partial charge in [-0.05, 0) is 106 Å². The lowest BCUT2D eigenvalue weighted by Gasteiger charge is -2.26. The maximum atomic E-state index is 6.56. The van der Waals surface area contributed by atoms with E-state index in [1.165, 1.54) is 42.2 Å². The molecule has 58 heavy (non-hydrogen) atoms. The quantitative estimate of drug-likeness (QED) is 0.169. The van der Waals surface area contributed by atoms with Crippen LogP contribution in [0.5, 0.6) is 0 Å². The number of hydrogen-bond donors (Lipinski definition) is 0. The molecule has 4 nitrogen and oxygen atoms in total. The van der Waals surface area contributed by atoms with Crippen LogP contribution in [0.4, 0.5) is 17.1 Å². The molecular weight excluding hydrogens is 729 g/mol. The van der Waals surface area contributed by atoms with Gasteiger partial charge in [0.1, 0.15) is 16.7 Å². The summed E-state index contributed by atoms with van der Waals surface area (Å²) in [5.74, 6) is 0.642. The van der Waals surface area contributed by atoms with Crippen molar-refractivity contribution in [3.05, 3.63) is 194 Å². The second kappa shape index (κ2) is 13.1. The predicted molar refractivity (Wildman–Crippen MR) is 243 cm³/mol. The molecule has 0 atom stereocenters. The number of para-hydroxylation sites is 1. The van der Waals surface area contributed by atoms with Crippen LogP contribution in [0, 0.1) is 0 Å². The molecule has 0 unspecified atom stereocenters. The molecule has 0 aliphatic heterocycles. The Hall–Kier alpha value is -7.47. The van der Waals surface area contributed by atoms with Crippen LogP contribution in [-0.2, 0) is 0 Å². The topological polar surface area (TPSA) is 42.4 Å². The number of benzene rings is 9. The van der Waals surface area contributed by atoms with E-state index in [4.69, 9.17) is 13.8 Å².